The van der Waals surface area contributed by atoms with Crippen LogP contribution in [-0.4, -0.2) is 181 Å². The monoisotopic (exact) mass is 800 g/mol. The Bertz CT molecular complexity index is 1620. The standard InChI is InChI=1S/C36H48O20/c1-15-25(43)28(46)33(56-35-29(47)27(45)26(44)22(13-37)52-35)36(51-15)55-32-30(48)34(50-10-9-17-3-6-18(39)19(40)11-17)53-23(14-38)31(32)54-24(42)8-5-16-4-7-21(49-2)20(41)12-16/h3-8,11-12,15,22-23,25-41,43-48H,9-10,13-14H2,1-2H3/b8-5+/t15-,22+,23+,25-,26-,27-,28+,29+,30+,31+,32+,33+,34+,35-,36-/m0/s1. The van der Waals surface area contributed by atoms with E-state index in [4.69, 9.17) is 37.9 Å². The average molecular weight is 801 g/mol. The second-order valence-corrected chi connectivity index (χ2v) is 13.4. The van der Waals surface area contributed by atoms with Gasteiger partial charge in [0, 0.05) is 6.08 Å². The minimum Gasteiger partial charge on any atom is -0.504 e. The molecule has 20 nitrogen and oxygen atoms in total. The lowest BCUT2D eigenvalue weighted by molar-refractivity contribution is -0.386. The molecular weight excluding hydrogens is 752 g/mol. The number of aliphatic hydroxyl groups excluding tert-OH is 8. The molecule has 0 radical (unpaired) electrons. The number of phenolic OH excluding ortho intramolecular Hbond substituents is 3. The number of rotatable bonds is 14. The van der Waals surface area contributed by atoms with Gasteiger partial charge in [0.15, 0.2) is 48.0 Å². The second kappa shape index (κ2) is 19.2. The van der Waals surface area contributed by atoms with E-state index in [0.29, 0.717) is 11.1 Å². The maximum atomic E-state index is 13.2. The minimum atomic E-state index is -1.94. The van der Waals surface area contributed by atoms with Crippen molar-refractivity contribution in [3.63, 3.8) is 0 Å². The topological polar surface area (TPSA) is 313 Å². The van der Waals surface area contributed by atoms with Gasteiger partial charge in [-0.05, 0) is 54.8 Å². The number of carbonyl (C=O) groups excluding carboxylic acids is 1. The molecule has 5 rings (SSSR count). The lowest BCUT2D eigenvalue weighted by Gasteiger charge is -2.48. The maximum Gasteiger partial charge on any atom is 0.331 e. The summed E-state index contributed by atoms with van der Waals surface area (Å²) in [6.45, 7) is -0.400. The number of carbonyl (C=O) groups is 1. The fourth-order valence-corrected chi connectivity index (χ4v) is 6.39. The fraction of sp³-hybridized carbons (Fsp3) is 0.583. The molecule has 2 aromatic carbocycles. The van der Waals surface area contributed by atoms with E-state index in [1.807, 2.05) is 0 Å². The SMILES string of the molecule is COc1ccc(/C=C/C(=O)O[C@H]2[C@H](O[C@@H]3O[C@@H](C)[C@H](O)[C@@H](O)[C@H]3O[C@@H]3O[C@H](CO)[C@H](O)[C@H](O)[C@H]3O)[C@@H](O)[C@H](OCCc3ccc(O)c(O)c3)O[C@@H]2CO)cc1O. The Kier molecular flexibility index (Phi) is 14.9. The lowest BCUT2D eigenvalue weighted by Crippen LogP contribution is -2.66. The van der Waals surface area contributed by atoms with E-state index in [0.717, 1.165) is 6.08 Å². The van der Waals surface area contributed by atoms with Crippen LogP contribution in [0.2, 0.25) is 0 Å². The molecule has 3 aliphatic heterocycles. The number of hydrogen-bond acceptors (Lipinski definition) is 20. The van der Waals surface area contributed by atoms with Crippen LogP contribution in [0.3, 0.4) is 0 Å². The van der Waals surface area contributed by atoms with Crippen LogP contribution in [0.4, 0.5) is 0 Å². The first-order valence-corrected chi connectivity index (χ1v) is 17.6. The van der Waals surface area contributed by atoms with Crippen molar-refractivity contribution >= 4 is 12.0 Å². The summed E-state index contributed by atoms with van der Waals surface area (Å²) in [5.41, 5.74) is 0.902. The van der Waals surface area contributed by atoms with E-state index in [2.05, 4.69) is 0 Å². The molecule has 0 aliphatic carbocycles. The van der Waals surface area contributed by atoms with Crippen molar-refractivity contribution in [1.29, 1.82) is 0 Å². The normalized spacial score (nSPS) is 36.4. The zero-order chi connectivity index (χ0) is 40.8. The van der Waals surface area contributed by atoms with Crippen LogP contribution < -0.4 is 4.74 Å². The highest BCUT2D eigenvalue weighted by atomic mass is 16.8. The first-order chi connectivity index (χ1) is 26.7. The van der Waals surface area contributed by atoms with Crippen LogP contribution in [0.5, 0.6) is 23.0 Å². The molecule has 2 aromatic rings. The zero-order valence-electron chi connectivity index (χ0n) is 30.2. The number of aromatic hydroxyl groups is 3. The molecule has 0 saturated carbocycles. The summed E-state index contributed by atoms with van der Waals surface area (Å²) in [5.74, 6) is -1.75. The zero-order valence-corrected chi connectivity index (χ0v) is 30.2. The van der Waals surface area contributed by atoms with Crippen molar-refractivity contribution in [1.82, 2.24) is 0 Å². The molecule has 3 fully saturated rings. The number of ether oxygens (including phenoxy) is 8. The Balaban J connectivity index is 1.41. The van der Waals surface area contributed by atoms with Crippen molar-refractivity contribution in [3.8, 4) is 23.0 Å². The van der Waals surface area contributed by atoms with Crippen LogP contribution in [0.15, 0.2) is 42.5 Å². The quantitative estimate of drug-likeness (QED) is 0.0519. The predicted molar refractivity (Wildman–Crippen MR) is 185 cm³/mol. The van der Waals surface area contributed by atoms with E-state index in [1.165, 1.54) is 56.5 Å². The Labute approximate surface area is 319 Å². The lowest BCUT2D eigenvalue weighted by atomic mass is 9.96. The van der Waals surface area contributed by atoms with E-state index in [9.17, 15) is 61.0 Å². The summed E-state index contributed by atoms with van der Waals surface area (Å²) in [7, 11) is 1.36. The molecule has 15 atom stereocenters. The largest absolute Gasteiger partial charge is 0.504 e. The van der Waals surface area contributed by atoms with Crippen LogP contribution in [0.25, 0.3) is 6.08 Å². The molecule has 0 aromatic heterocycles. The highest BCUT2D eigenvalue weighted by Crippen LogP contribution is 2.35. The van der Waals surface area contributed by atoms with Crippen LogP contribution in [0.1, 0.15) is 18.1 Å². The first-order valence-electron chi connectivity index (χ1n) is 17.6. The molecule has 11 N–H and O–H groups in total. The van der Waals surface area contributed by atoms with Crippen molar-refractivity contribution in [3.05, 3.63) is 53.6 Å². The molecule has 3 aliphatic rings. The molecule has 20 heteroatoms. The highest BCUT2D eigenvalue weighted by molar-refractivity contribution is 5.87. The van der Waals surface area contributed by atoms with Gasteiger partial charge in [-0.2, -0.15) is 0 Å². The molecule has 3 heterocycles. The molecule has 0 unspecified atom stereocenters. The van der Waals surface area contributed by atoms with Crippen molar-refractivity contribution in [2.24, 2.45) is 0 Å². The Morgan fingerprint density at radius 1 is 0.696 bits per heavy atom. The summed E-state index contributed by atoms with van der Waals surface area (Å²) in [6, 6.07) is 8.40. The molecule has 0 spiro atoms. The highest BCUT2D eigenvalue weighted by Gasteiger charge is 2.54. The Hall–Kier alpha value is -3.71. The molecule has 0 bridgehead atoms. The van der Waals surface area contributed by atoms with Gasteiger partial charge in [0.25, 0.3) is 0 Å². The summed E-state index contributed by atoms with van der Waals surface area (Å²) in [5, 5.41) is 114. The van der Waals surface area contributed by atoms with Gasteiger partial charge in [-0.15, -0.1) is 0 Å². The van der Waals surface area contributed by atoms with E-state index >= 15 is 0 Å². The summed E-state index contributed by atoms with van der Waals surface area (Å²) in [4.78, 5) is 13.2. The molecular formula is C36H48O20. The van der Waals surface area contributed by atoms with Gasteiger partial charge in [-0.3, -0.25) is 0 Å². The number of benzene rings is 2. The first kappa shape index (κ1) is 43.4. The smallest absolute Gasteiger partial charge is 0.331 e. The van der Waals surface area contributed by atoms with Gasteiger partial charge in [-0.1, -0.05) is 12.1 Å². The van der Waals surface area contributed by atoms with E-state index < -0.39 is 111 Å². The maximum absolute atomic E-state index is 13.2. The number of esters is 1. The van der Waals surface area contributed by atoms with Crippen LogP contribution >= 0.6 is 0 Å². The van der Waals surface area contributed by atoms with Gasteiger partial charge in [0.05, 0.1) is 33.0 Å². The molecule has 3 saturated heterocycles. The van der Waals surface area contributed by atoms with Gasteiger partial charge in [0.2, 0.25) is 0 Å². The minimum absolute atomic E-state index is 0.141. The van der Waals surface area contributed by atoms with E-state index in [-0.39, 0.29) is 36.0 Å². The predicted octanol–water partition coefficient (Wildman–Crippen LogP) is -2.89. The van der Waals surface area contributed by atoms with E-state index in [1.54, 1.807) is 0 Å². The number of aliphatic hydroxyl groups is 8. The molecule has 312 valence electrons. The van der Waals surface area contributed by atoms with Gasteiger partial charge < -0.3 is 94.1 Å². The van der Waals surface area contributed by atoms with Crippen molar-refractivity contribution in [2.45, 2.75) is 105 Å². The van der Waals surface area contributed by atoms with Gasteiger partial charge in [0.1, 0.15) is 61.0 Å². The third-order valence-electron chi connectivity index (χ3n) is 9.59. The number of hydrogen-bond donors (Lipinski definition) is 11. The van der Waals surface area contributed by atoms with Gasteiger partial charge in [-0.25, -0.2) is 4.79 Å². The third-order valence-corrected chi connectivity index (χ3v) is 9.59. The third kappa shape index (κ3) is 9.86. The molecule has 0 amide bonds. The second-order valence-electron chi connectivity index (χ2n) is 13.4. The fourth-order valence-electron chi connectivity index (χ4n) is 6.39. The number of phenols is 3. The van der Waals surface area contributed by atoms with Gasteiger partial charge >= 0.3 is 5.97 Å². The summed E-state index contributed by atoms with van der Waals surface area (Å²) < 4.78 is 45.4. The van der Waals surface area contributed by atoms with Crippen molar-refractivity contribution < 1.29 is 98.9 Å². The molecule has 56 heavy (non-hydrogen) atoms. The van der Waals surface area contributed by atoms with Crippen LogP contribution in [0, 0.1) is 0 Å². The summed E-state index contributed by atoms with van der Waals surface area (Å²) >= 11 is 0. The van der Waals surface area contributed by atoms with Crippen molar-refractivity contribution in [2.75, 3.05) is 26.9 Å². The Morgan fingerprint density at radius 2 is 1.39 bits per heavy atom. The average Bonchev–Trinajstić information content (AvgIpc) is 3.18. The Morgan fingerprint density at radius 3 is 2.05 bits per heavy atom. The summed E-state index contributed by atoms with van der Waals surface area (Å²) in [6.07, 6.45) is -22.8. The van der Waals surface area contributed by atoms with Crippen LogP contribution in [-0.2, 0) is 44.4 Å². The number of methoxy groups -OCH3 is 1.